The molecule has 1 aliphatic heterocycles. The molecule has 1 unspecified atom stereocenters. The number of para-hydroxylation sites is 1. The average Bonchev–Trinajstić information content (AvgIpc) is 2.95. The van der Waals surface area contributed by atoms with Gasteiger partial charge in [0.1, 0.15) is 5.60 Å². The highest BCUT2D eigenvalue weighted by Crippen LogP contribution is 2.34. The van der Waals surface area contributed by atoms with Crippen molar-refractivity contribution in [2.45, 2.75) is 38.8 Å². The Morgan fingerprint density at radius 3 is 2.32 bits per heavy atom. The summed E-state index contributed by atoms with van der Waals surface area (Å²) in [4.78, 5) is 36.9. The third-order valence-corrected chi connectivity index (χ3v) is 6.70. The van der Waals surface area contributed by atoms with E-state index in [9.17, 15) is 9.59 Å². The van der Waals surface area contributed by atoms with Crippen molar-refractivity contribution in [2.75, 3.05) is 34.4 Å². The lowest BCUT2D eigenvalue weighted by atomic mass is 9.97. The molecular weight excluding hydrogens is 516 g/mol. The summed E-state index contributed by atoms with van der Waals surface area (Å²) >= 11 is 0. The molecule has 0 saturated heterocycles. The molecule has 1 aromatic heterocycles. The highest BCUT2D eigenvalue weighted by molar-refractivity contribution is 6.07. The van der Waals surface area contributed by atoms with E-state index in [4.69, 9.17) is 4.74 Å². The molecule has 9 nitrogen and oxygen atoms in total. The quantitative estimate of drug-likeness (QED) is 0.244. The zero-order valence-corrected chi connectivity index (χ0v) is 23.6. The fraction of sp³-hybridized carbons (Fsp3) is 0.250. The first-order chi connectivity index (χ1) is 19.7. The van der Waals surface area contributed by atoms with Crippen molar-refractivity contribution in [1.29, 1.82) is 0 Å². The van der Waals surface area contributed by atoms with E-state index in [2.05, 4.69) is 50.0 Å². The van der Waals surface area contributed by atoms with Crippen molar-refractivity contribution >= 4 is 35.0 Å². The van der Waals surface area contributed by atoms with E-state index in [1.54, 1.807) is 26.8 Å². The van der Waals surface area contributed by atoms with Crippen LogP contribution in [0.25, 0.3) is 11.1 Å². The fourth-order valence-corrected chi connectivity index (χ4v) is 4.73. The topological polar surface area (TPSA) is 108 Å². The van der Waals surface area contributed by atoms with Crippen LogP contribution in [0.5, 0.6) is 0 Å². The number of hydrogen-bond acceptors (Lipinski definition) is 7. The Morgan fingerprint density at radius 2 is 1.59 bits per heavy atom. The molecule has 0 radical (unpaired) electrons. The minimum atomic E-state index is -0.666. The predicted molar refractivity (Wildman–Crippen MR) is 162 cm³/mol. The second kappa shape index (κ2) is 11.7. The van der Waals surface area contributed by atoms with Crippen LogP contribution in [-0.4, -0.2) is 41.2 Å². The number of aromatic nitrogens is 2. The van der Waals surface area contributed by atoms with Crippen LogP contribution in [0, 0.1) is 0 Å². The Balaban J connectivity index is 1.34. The molecule has 41 heavy (non-hydrogen) atoms. The van der Waals surface area contributed by atoms with Gasteiger partial charge >= 0.3 is 6.09 Å². The maximum Gasteiger partial charge on any atom is 0.412 e. The number of amides is 2. The van der Waals surface area contributed by atoms with Gasteiger partial charge in [-0.1, -0.05) is 54.6 Å². The number of hydrogen-bond donors (Lipinski definition) is 3. The summed E-state index contributed by atoms with van der Waals surface area (Å²) in [5, 5.41) is 9.06. The molecule has 4 aromatic rings. The Labute approximate surface area is 240 Å². The van der Waals surface area contributed by atoms with Crippen molar-refractivity contribution in [1.82, 2.24) is 9.97 Å². The number of fused-ring (bicyclic) bond motifs is 1. The number of rotatable bonds is 6. The lowest BCUT2D eigenvalue weighted by molar-refractivity contribution is 0.0635. The number of carbonyl (C=O) groups is 2. The SMILES string of the molecule is CN1CCC(Nc2ncc(C(=O)Nc3cc(-c4ccccc4)ccc3NC(=O)OC(C)(C)C)cn2)c2ccccc21. The zero-order valence-electron chi connectivity index (χ0n) is 23.6. The predicted octanol–water partition coefficient (Wildman–Crippen LogP) is 6.74. The standard InChI is InChI=1S/C32H34N6O3/c1-32(2,3)41-31(40)37-26-15-14-22(21-10-6-5-7-11-21)18-27(26)35-29(39)23-19-33-30(34-20-23)36-25-16-17-38(4)28-13-9-8-12-24(25)28/h5-15,18-20,25H,16-17H2,1-4H3,(H,35,39)(H,37,40)(H,33,34,36). The molecular formula is C32H34N6O3. The summed E-state index contributed by atoms with van der Waals surface area (Å²) in [7, 11) is 2.09. The van der Waals surface area contributed by atoms with Gasteiger partial charge < -0.3 is 20.3 Å². The minimum Gasteiger partial charge on any atom is -0.444 e. The van der Waals surface area contributed by atoms with Gasteiger partial charge in [-0.2, -0.15) is 0 Å². The lowest BCUT2D eigenvalue weighted by Gasteiger charge is -2.33. The molecule has 1 aliphatic rings. The van der Waals surface area contributed by atoms with Crippen LogP contribution in [0.15, 0.2) is 85.2 Å². The summed E-state index contributed by atoms with van der Waals surface area (Å²) < 4.78 is 5.41. The summed E-state index contributed by atoms with van der Waals surface area (Å²) in [5.41, 5.74) is 4.68. The van der Waals surface area contributed by atoms with E-state index in [0.29, 0.717) is 17.3 Å². The van der Waals surface area contributed by atoms with Crippen molar-refractivity contribution in [3.63, 3.8) is 0 Å². The number of benzene rings is 3. The Kier molecular flexibility index (Phi) is 7.87. The van der Waals surface area contributed by atoms with Crippen molar-refractivity contribution in [2.24, 2.45) is 0 Å². The average molecular weight is 551 g/mol. The van der Waals surface area contributed by atoms with E-state index < -0.39 is 17.6 Å². The van der Waals surface area contributed by atoms with E-state index in [1.165, 1.54) is 23.6 Å². The molecule has 5 rings (SSSR count). The van der Waals surface area contributed by atoms with E-state index in [-0.39, 0.29) is 11.6 Å². The second-order valence-corrected chi connectivity index (χ2v) is 11.0. The van der Waals surface area contributed by atoms with Gasteiger partial charge in [-0.05, 0) is 62.1 Å². The molecule has 0 spiro atoms. The summed E-state index contributed by atoms with van der Waals surface area (Å²) in [6.07, 6.45) is 3.28. The monoisotopic (exact) mass is 550 g/mol. The molecule has 210 valence electrons. The third-order valence-electron chi connectivity index (χ3n) is 6.70. The molecule has 0 bridgehead atoms. The summed E-state index contributed by atoms with van der Waals surface area (Å²) in [5.74, 6) is 0.0444. The van der Waals surface area contributed by atoms with Crippen molar-refractivity contribution < 1.29 is 14.3 Å². The Morgan fingerprint density at radius 1 is 0.878 bits per heavy atom. The van der Waals surface area contributed by atoms with Gasteiger partial charge in [0.2, 0.25) is 5.95 Å². The molecule has 0 aliphatic carbocycles. The molecule has 2 heterocycles. The summed E-state index contributed by atoms with van der Waals surface area (Å²) in [6, 6.07) is 23.6. The van der Waals surface area contributed by atoms with Gasteiger partial charge in [0, 0.05) is 31.7 Å². The third kappa shape index (κ3) is 6.81. The van der Waals surface area contributed by atoms with Gasteiger partial charge in [0.05, 0.1) is 23.0 Å². The number of ether oxygens (including phenoxy) is 1. The number of anilines is 4. The Hall–Kier alpha value is -4.92. The van der Waals surface area contributed by atoms with Crippen LogP contribution in [0.2, 0.25) is 0 Å². The van der Waals surface area contributed by atoms with E-state index in [1.807, 2.05) is 54.6 Å². The van der Waals surface area contributed by atoms with E-state index in [0.717, 1.165) is 24.1 Å². The van der Waals surface area contributed by atoms with E-state index >= 15 is 0 Å². The first-order valence-corrected chi connectivity index (χ1v) is 13.6. The molecule has 2 amide bonds. The summed E-state index contributed by atoms with van der Waals surface area (Å²) in [6.45, 7) is 6.28. The van der Waals surface area contributed by atoms with Gasteiger partial charge in [0.25, 0.3) is 5.91 Å². The molecule has 3 N–H and O–H groups in total. The van der Waals surface area contributed by atoms with Crippen LogP contribution in [0.4, 0.5) is 27.8 Å². The highest BCUT2D eigenvalue weighted by atomic mass is 16.6. The smallest absolute Gasteiger partial charge is 0.412 e. The number of nitrogens with zero attached hydrogens (tertiary/aromatic N) is 3. The lowest BCUT2D eigenvalue weighted by Crippen LogP contribution is -2.30. The van der Waals surface area contributed by atoms with Crippen LogP contribution in [-0.2, 0) is 4.74 Å². The molecule has 0 fully saturated rings. The normalized spacial score (nSPS) is 14.5. The van der Waals surface area contributed by atoms with Crippen LogP contribution < -0.4 is 20.9 Å². The molecule has 0 saturated carbocycles. The van der Waals surface area contributed by atoms with Crippen molar-refractivity contribution in [3.8, 4) is 11.1 Å². The van der Waals surface area contributed by atoms with Crippen molar-refractivity contribution in [3.05, 3.63) is 96.3 Å². The molecule has 3 aromatic carbocycles. The van der Waals surface area contributed by atoms with Gasteiger partial charge in [-0.25, -0.2) is 14.8 Å². The van der Waals surface area contributed by atoms with Gasteiger partial charge in [-0.15, -0.1) is 0 Å². The maximum atomic E-state index is 13.3. The fourth-order valence-electron chi connectivity index (χ4n) is 4.73. The molecule has 9 heteroatoms. The first-order valence-electron chi connectivity index (χ1n) is 13.6. The first kappa shape index (κ1) is 27.6. The largest absolute Gasteiger partial charge is 0.444 e. The van der Waals surface area contributed by atoms with Crippen LogP contribution in [0.1, 0.15) is 49.2 Å². The minimum absolute atomic E-state index is 0.0734. The molecule has 1 atom stereocenters. The van der Waals surface area contributed by atoms with Crippen LogP contribution >= 0.6 is 0 Å². The number of carbonyl (C=O) groups excluding carboxylic acids is 2. The highest BCUT2D eigenvalue weighted by Gasteiger charge is 2.24. The number of nitrogens with one attached hydrogen (secondary N) is 3. The maximum absolute atomic E-state index is 13.3. The van der Waals surface area contributed by atoms with Gasteiger partial charge in [-0.3, -0.25) is 10.1 Å². The Bertz CT molecular complexity index is 1530. The van der Waals surface area contributed by atoms with Crippen LogP contribution in [0.3, 0.4) is 0 Å². The zero-order chi connectivity index (χ0) is 29.0. The second-order valence-electron chi connectivity index (χ2n) is 11.0. The van der Waals surface area contributed by atoms with Gasteiger partial charge in [0.15, 0.2) is 0 Å².